The number of nitrogens with zero attached hydrogens (tertiary/aromatic N) is 2. The van der Waals surface area contributed by atoms with Crippen LogP contribution in [0.3, 0.4) is 0 Å². The molecule has 0 spiro atoms. The first kappa shape index (κ1) is 10.2. The summed E-state index contributed by atoms with van der Waals surface area (Å²) in [5.74, 6) is 0. The lowest BCUT2D eigenvalue weighted by molar-refractivity contribution is 0.797. The van der Waals surface area contributed by atoms with Crippen molar-refractivity contribution in [1.29, 1.82) is 0 Å². The number of rotatable bonds is 1. The zero-order valence-electron chi connectivity index (χ0n) is 7.34. The molecule has 12 heavy (non-hydrogen) atoms. The molecule has 66 valence electrons. The minimum absolute atomic E-state index is 0.217. The standard InChI is InChI=1S/C8H11IN2S/c1-8(2,3)12-7-6(9)4-10-5-11-7/h4-5H,1-3H3. The van der Waals surface area contributed by atoms with E-state index < -0.39 is 0 Å². The van der Waals surface area contributed by atoms with Gasteiger partial charge in [0.25, 0.3) is 0 Å². The van der Waals surface area contributed by atoms with Crippen molar-refractivity contribution in [2.24, 2.45) is 0 Å². The van der Waals surface area contributed by atoms with Crippen LogP contribution in [0.2, 0.25) is 0 Å². The molecule has 0 unspecified atom stereocenters. The SMILES string of the molecule is CC(C)(C)Sc1ncncc1I. The fourth-order valence-corrected chi connectivity index (χ4v) is 2.13. The number of hydrogen-bond acceptors (Lipinski definition) is 3. The largest absolute Gasteiger partial charge is 0.244 e. The van der Waals surface area contributed by atoms with Crippen LogP contribution in [0.15, 0.2) is 17.6 Å². The first-order chi connectivity index (χ1) is 5.49. The van der Waals surface area contributed by atoms with Gasteiger partial charge in [0.1, 0.15) is 11.4 Å². The van der Waals surface area contributed by atoms with Crippen LogP contribution in [0, 0.1) is 3.57 Å². The molecule has 0 aliphatic heterocycles. The Labute approximate surface area is 90.7 Å². The maximum atomic E-state index is 4.21. The highest BCUT2D eigenvalue weighted by Gasteiger charge is 2.14. The van der Waals surface area contributed by atoms with E-state index in [-0.39, 0.29) is 4.75 Å². The molecule has 0 fully saturated rings. The van der Waals surface area contributed by atoms with Crippen molar-refractivity contribution in [3.63, 3.8) is 0 Å². The molecule has 1 aromatic heterocycles. The van der Waals surface area contributed by atoms with E-state index in [4.69, 9.17) is 0 Å². The van der Waals surface area contributed by atoms with Gasteiger partial charge in [-0.1, -0.05) is 32.5 Å². The second-order valence-corrected chi connectivity index (χ2v) is 6.37. The van der Waals surface area contributed by atoms with Crippen molar-refractivity contribution >= 4 is 34.4 Å². The zero-order valence-corrected chi connectivity index (χ0v) is 10.3. The zero-order chi connectivity index (χ0) is 9.19. The summed E-state index contributed by atoms with van der Waals surface area (Å²) in [5.41, 5.74) is 0. The number of hydrogen-bond donors (Lipinski definition) is 0. The molecule has 1 aromatic rings. The Bertz CT molecular complexity index is 270. The molecule has 0 N–H and O–H groups in total. The van der Waals surface area contributed by atoms with Gasteiger partial charge in [0.15, 0.2) is 0 Å². The molecule has 4 heteroatoms. The van der Waals surface area contributed by atoms with Crippen molar-refractivity contribution in [3.05, 3.63) is 16.1 Å². The van der Waals surface area contributed by atoms with E-state index in [1.165, 1.54) is 0 Å². The van der Waals surface area contributed by atoms with Crippen LogP contribution < -0.4 is 0 Å². The van der Waals surface area contributed by atoms with Crippen LogP contribution in [0.1, 0.15) is 20.8 Å². The molecule has 0 aliphatic carbocycles. The Hall–Kier alpha value is 0.160. The van der Waals surface area contributed by atoms with E-state index >= 15 is 0 Å². The fourth-order valence-electron chi connectivity index (χ4n) is 0.667. The Kier molecular flexibility index (Phi) is 3.34. The third kappa shape index (κ3) is 3.26. The van der Waals surface area contributed by atoms with Crippen LogP contribution in [0.5, 0.6) is 0 Å². The summed E-state index contributed by atoms with van der Waals surface area (Å²) in [6.45, 7) is 6.53. The Morgan fingerprint density at radius 2 is 2.08 bits per heavy atom. The molecule has 0 amide bonds. The summed E-state index contributed by atoms with van der Waals surface area (Å²) in [4.78, 5) is 8.15. The third-order valence-electron chi connectivity index (χ3n) is 1.04. The predicted octanol–water partition coefficient (Wildman–Crippen LogP) is 2.97. The molecule has 2 nitrogen and oxygen atoms in total. The highest BCUT2D eigenvalue weighted by Crippen LogP contribution is 2.32. The van der Waals surface area contributed by atoms with Crippen molar-refractivity contribution in [2.75, 3.05) is 0 Å². The average molecular weight is 294 g/mol. The van der Waals surface area contributed by atoms with Gasteiger partial charge >= 0.3 is 0 Å². The van der Waals surface area contributed by atoms with E-state index in [9.17, 15) is 0 Å². The maximum Gasteiger partial charge on any atom is 0.116 e. The highest BCUT2D eigenvalue weighted by molar-refractivity contribution is 14.1. The van der Waals surface area contributed by atoms with Crippen molar-refractivity contribution < 1.29 is 0 Å². The molecule has 0 saturated heterocycles. The molecule has 0 saturated carbocycles. The lowest BCUT2D eigenvalue weighted by Gasteiger charge is -2.16. The van der Waals surface area contributed by atoms with Crippen molar-refractivity contribution in [1.82, 2.24) is 9.97 Å². The molecule has 1 rings (SSSR count). The third-order valence-corrected chi connectivity index (χ3v) is 3.32. The van der Waals surface area contributed by atoms with Crippen molar-refractivity contribution in [2.45, 2.75) is 30.5 Å². The van der Waals surface area contributed by atoms with Gasteiger partial charge < -0.3 is 0 Å². The fraction of sp³-hybridized carbons (Fsp3) is 0.500. The molecular weight excluding hydrogens is 283 g/mol. The quantitative estimate of drug-likeness (QED) is 0.452. The topological polar surface area (TPSA) is 25.8 Å². The van der Waals surface area contributed by atoms with Gasteiger partial charge in [-0.25, -0.2) is 9.97 Å². The molecule has 0 aliphatic rings. The van der Waals surface area contributed by atoms with Crippen LogP contribution in [0.4, 0.5) is 0 Å². The second-order valence-electron chi connectivity index (χ2n) is 3.39. The monoisotopic (exact) mass is 294 g/mol. The molecule has 0 radical (unpaired) electrons. The minimum atomic E-state index is 0.217. The number of halogens is 1. The average Bonchev–Trinajstić information content (AvgIpc) is 1.91. The number of thioether (sulfide) groups is 1. The summed E-state index contributed by atoms with van der Waals surface area (Å²) < 4.78 is 1.34. The van der Waals surface area contributed by atoms with E-state index in [0.29, 0.717) is 0 Å². The van der Waals surface area contributed by atoms with Gasteiger partial charge in [0.2, 0.25) is 0 Å². The maximum absolute atomic E-state index is 4.21. The smallest absolute Gasteiger partial charge is 0.116 e. The van der Waals surface area contributed by atoms with Crippen LogP contribution in [-0.4, -0.2) is 14.7 Å². The normalized spacial score (nSPS) is 11.7. The lowest BCUT2D eigenvalue weighted by Crippen LogP contribution is -2.08. The van der Waals surface area contributed by atoms with Gasteiger partial charge in [-0.05, 0) is 22.6 Å². The predicted molar refractivity (Wildman–Crippen MR) is 60.4 cm³/mol. The number of aromatic nitrogens is 2. The van der Waals surface area contributed by atoms with Gasteiger partial charge in [-0.2, -0.15) is 0 Å². The van der Waals surface area contributed by atoms with Crippen LogP contribution in [-0.2, 0) is 0 Å². The Morgan fingerprint density at radius 3 is 2.58 bits per heavy atom. The van der Waals surface area contributed by atoms with Crippen LogP contribution >= 0.6 is 34.4 Å². The first-order valence-electron chi connectivity index (χ1n) is 3.63. The van der Waals surface area contributed by atoms with Gasteiger partial charge in [0, 0.05) is 10.9 Å². The first-order valence-corrected chi connectivity index (χ1v) is 5.53. The molecule has 0 aromatic carbocycles. The summed E-state index contributed by atoms with van der Waals surface area (Å²) in [5, 5.41) is 1.07. The minimum Gasteiger partial charge on any atom is -0.244 e. The molecule has 0 atom stereocenters. The van der Waals surface area contributed by atoms with Gasteiger partial charge in [-0.3, -0.25) is 0 Å². The van der Waals surface area contributed by atoms with E-state index in [0.717, 1.165) is 8.60 Å². The van der Waals surface area contributed by atoms with E-state index in [2.05, 4.69) is 53.3 Å². The van der Waals surface area contributed by atoms with Crippen molar-refractivity contribution in [3.8, 4) is 0 Å². The molecule has 1 heterocycles. The van der Waals surface area contributed by atoms with Gasteiger partial charge in [0.05, 0.1) is 3.57 Å². The molecular formula is C8H11IN2S. The Balaban J connectivity index is 2.83. The van der Waals surface area contributed by atoms with E-state index in [1.54, 1.807) is 18.1 Å². The van der Waals surface area contributed by atoms with Crippen LogP contribution in [0.25, 0.3) is 0 Å². The molecule has 0 bridgehead atoms. The highest BCUT2D eigenvalue weighted by atomic mass is 127. The second kappa shape index (κ2) is 3.91. The summed E-state index contributed by atoms with van der Waals surface area (Å²) in [7, 11) is 0. The summed E-state index contributed by atoms with van der Waals surface area (Å²) in [6.07, 6.45) is 3.43. The Morgan fingerprint density at radius 1 is 1.42 bits per heavy atom. The lowest BCUT2D eigenvalue weighted by atomic mass is 10.3. The summed E-state index contributed by atoms with van der Waals surface area (Å²) in [6, 6.07) is 0. The van der Waals surface area contributed by atoms with Gasteiger partial charge in [-0.15, -0.1) is 0 Å². The van der Waals surface area contributed by atoms with E-state index in [1.807, 2.05) is 6.20 Å². The summed E-state index contributed by atoms with van der Waals surface area (Å²) >= 11 is 4.02.